The summed E-state index contributed by atoms with van der Waals surface area (Å²) < 4.78 is 5.96. The molecule has 2 aliphatic rings. The van der Waals surface area contributed by atoms with Crippen LogP contribution in [0.25, 0.3) is 0 Å². The Hall–Kier alpha value is -2.17. The molecule has 0 aromatic heterocycles. The number of benzene rings is 2. The van der Waals surface area contributed by atoms with E-state index in [1.165, 1.54) is 16.7 Å². The Kier molecular flexibility index (Phi) is 6.31. The molecule has 0 saturated carbocycles. The fraction of sp³-hybridized carbons (Fsp3) is 0.480. The van der Waals surface area contributed by atoms with Crippen LogP contribution in [0.4, 0.5) is 0 Å². The Balaban J connectivity index is 1.41. The number of hydrogen-bond donors (Lipinski definition) is 0. The van der Waals surface area contributed by atoms with Gasteiger partial charge in [-0.05, 0) is 35.4 Å². The molecule has 29 heavy (non-hydrogen) atoms. The van der Waals surface area contributed by atoms with Crippen molar-refractivity contribution in [1.29, 1.82) is 0 Å². The van der Waals surface area contributed by atoms with Crippen LogP contribution in [-0.4, -0.2) is 47.5 Å². The van der Waals surface area contributed by atoms with E-state index in [9.17, 15) is 4.79 Å². The van der Waals surface area contributed by atoms with Crippen molar-refractivity contribution < 1.29 is 9.53 Å². The Morgan fingerprint density at radius 2 is 1.62 bits per heavy atom. The summed E-state index contributed by atoms with van der Waals surface area (Å²) in [5.41, 5.74) is 3.93. The number of likely N-dealkylation sites (tertiary alicyclic amines) is 1. The van der Waals surface area contributed by atoms with Crippen LogP contribution in [0.2, 0.25) is 0 Å². The van der Waals surface area contributed by atoms with Crippen LogP contribution in [0.5, 0.6) is 0 Å². The number of carbonyl (C=O) groups is 1. The van der Waals surface area contributed by atoms with Crippen molar-refractivity contribution in [2.75, 3.05) is 19.7 Å². The Morgan fingerprint density at radius 1 is 0.931 bits per heavy atom. The molecule has 2 aromatic carbocycles. The van der Waals surface area contributed by atoms with E-state index in [-0.39, 0.29) is 24.7 Å². The molecule has 2 fully saturated rings. The van der Waals surface area contributed by atoms with Crippen LogP contribution >= 0.6 is 0 Å². The highest BCUT2D eigenvalue weighted by molar-refractivity contribution is 5.78. The summed E-state index contributed by atoms with van der Waals surface area (Å²) in [5.74, 6) is 0.684. The minimum absolute atomic E-state index is 0.118. The third-order valence-corrected chi connectivity index (χ3v) is 6.29. The van der Waals surface area contributed by atoms with Gasteiger partial charge in [-0.2, -0.15) is 0 Å². The largest absolute Gasteiger partial charge is 0.366 e. The van der Waals surface area contributed by atoms with Gasteiger partial charge in [0, 0.05) is 26.2 Å². The summed E-state index contributed by atoms with van der Waals surface area (Å²) in [6, 6.07) is 19.5. The smallest absolute Gasteiger partial charge is 0.249 e. The van der Waals surface area contributed by atoms with Gasteiger partial charge in [0.05, 0.1) is 12.1 Å². The van der Waals surface area contributed by atoms with Gasteiger partial charge in [-0.15, -0.1) is 0 Å². The Morgan fingerprint density at radius 3 is 2.34 bits per heavy atom. The molecular formula is C25H32N2O2. The fourth-order valence-corrected chi connectivity index (χ4v) is 4.52. The van der Waals surface area contributed by atoms with Gasteiger partial charge < -0.3 is 9.64 Å². The van der Waals surface area contributed by atoms with Gasteiger partial charge in [-0.25, -0.2) is 0 Å². The molecular weight excluding hydrogens is 360 g/mol. The molecule has 0 unspecified atom stereocenters. The molecule has 4 rings (SSSR count). The fourth-order valence-electron chi connectivity index (χ4n) is 4.52. The number of rotatable bonds is 5. The second kappa shape index (κ2) is 9.10. The summed E-state index contributed by atoms with van der Waals surface area (Å²) in [6.45, 7) is 8.33. The van der Waals surface area contributed by atoms with E-state index in [1.807, 2.05) is 18.2 Å². The zero-order chi connectivity index (χ0) is 20.2. The predicted octanol–water partition coefficient (Wildman–Crippen LogP) is 4.20. The van der Waals surface area contributed by atoms with Crippen LogP contribution in [0.3, 0.4) is 0 Å². The van der Waals surface area contributed by atoms with Crippen LogP contribution < -0.4 is 0 Å². The molecule has 2 aliphatic heterocycles. The van der Waals surface area contributed by atoms with E-state index in [0.717, 1.165) is 32.5 Å². The van der Waals surface area contributed by atoms with Crippen molar-refractivity contribution in [2.45, 2.75) is 57.8 Å². The first kappa shape index (κ1) is 20.1. The topological polar surface area (TPSA) is 32.8 Å². The molecule has 154 valence electrons. The van der Waals surface area contributed by atoms with Gasteiger partial charge in [-0.3, -0.25) is 9.69 Å². The van der Waals surface area contributed by atoms with Crippen molar-refractivity contribution >= 4 is 5.91 Å². The Bertz CT molecular complexity index is 803. The number of morpholine rings is 1. The van der Waals surface area contributed by atoms with Gasteiger partial charge in [-0.1, -0.05) is 68.4 Å². The summed E-state index contributed by atoms with van der Waals surface area (Å²) in [4.78, 5) is 17.2. The third-order valence-electron chi connectivity index (χ3n) is 6.29. The molecule has 2 atom stereocenters. The third kappa shape index (κ3) is 4.88. The van der Waals surface area contributed by atoms with Gasteiger partial charge in [0.1, 0.15) is 6.61 Å². The quantitative estimate of drug-likeness (QED) is 0.764. The average molecular weight is 393 g/mol. The van der Waals surface area contributed by atoms with E-state index >= 15 is 0 Å². The molecule has 0 radical (unpaired) electrons. The second-order valence-corrected chi connectivity index (χ2v) is 8.67. The van der Waals surface area contributed by atoms with Crippen LogP contribution in [0.1, 0.15) is 49.3 Å². The first-order chi connectivity index (χ1) is 14.1. The lowest BCUT2D eigenvalue weighted by molar-refractivity contribution is -0.158. The molecule has 0 spiro atoms. The highest BCUT2D eigenvalue weighted by Gasteiger charge is 2.38. The van der Waals surface area contributed by atoms with E-state index in [4.69, 9.17) is 4.74 Å². The number of amides is 1. The van der Waals surface area contributed by atoms with E-state index in [1.54, 1.807) is 0 Å². The first-order valence-corrected chi connectivity index (χ1v) is 10.9. The molecule has 2 heterocycles. The molecule has 0 N–H and O–H groups in total. The molecule has 0 bridgehead atoms. The number of ether oxygens (including phenoxy) is 1. The lowest BCUT2D eigenvalue weighted by Gasteiger charge is -2.40. The maximum absolute atomic E-state index is 12.6. The summed E-state index contributed by atoms with van der Waals surface area (Å²) in [5, 5.41) is 0. The normalized spacial score (nSPS) is 23.1. The van der Waals surface area contributed by atoms with Gasteiger partial charge in [0.25, 0.3) is 0 Å². The SMILES string of the molecule is CC(C)c1ccc(CN2CC[C@@H]3OCC(=O)N(Cc4ccccc4)[C@H]3CC2)cc1. The lowest BCUT2D eigenvalue weighted by atomic mass is 10.0. The Labute approximate surface area is 174 Å². The van der Waals surface area contributed by atoms with E-state index in [0.29, 0.717) is 12.5 Å². The zero-order valence-electron chi connectivity index (χ0n) is 17.6. The summed E-state index contributed by atoms with van der Waals surface area (Å²) in [7, 11) is 0. The van der Waals surface area contributed by atoms with Crippen molar-refractivity contribution in [3.8, 4) is 0 Å². The van der Waals surface area contributed by atoms with Crippen molar-refractivity contribution in [3.05, 3.63) is 71.3 Å². The van der Waals surface area contributed by atoms with Crippen LogP contribution in [-0.2, 0) is 22.6 Å². The van der Waals surface area contributed by atoms with Gasteiger partial charge in [0.2, 0.25) is 5.91 Å². The second-order valence-electron chi connectivity index (χ2n) is 8.67. The van der Waals surface area contributed by atoms with Crippen molar-refractivity contribution in [2.24, 2.45) is 0 Å². The molecule has 1 amide bonds. The monoisotopic (exact) mass is 392 g/mol. The number of fused-ring (bicyclic) bond motifs is 1. The lowest BCUT2D eigenvalue weighted by Crippen LogP contribution is -2.53. The minimum atomic E-state index is 0.118. The highest BCUT2D eigenvalue weighted by Crippen LogP contribution is 2.27. The molecule has 4 heteroatoms. The van der Waals surface area contributed by atoms with Crippen LogP contribution in [0, 0.1) is 0 Å². The van der Waals surface area contributed by atoms with Crippen molar-refractivity contribution in [3.63, 3.8) is 0 Å². The summed E-state index contributed by atoms with van der Waals surface area (Å²) >= 11 is 0. The first-order valence-electron chi connectivity index (χ1n) is 10.9. The van der Waals surface area contributed by atoms with E-state index < -0.39 is 0 Å². The highest BCUT2D eigenvalue weighted by atomic mass is 16.5. The maximum atomic E-state index is 12.6. The molecule has 2 saturated heterocycles. The molecule has 4 nitrogen and oxygen atoms in total. The predicted molar refractivity (Wildman–Crippen MR) is 116 cm³/mol. The maximum Gasteiger partial charge on any atom is 0.249 e. The van der Waals surface area contributed by atoms with Gasteiger partial charge in [0.15, 0.2) is 0 Å². The molecule has 0 aliphatic carbocycles. The van der Waals surface area contributed by atoms with Crippen molar-refractivity contribution in [1.82, 2.24) is 9.80 Å². The standard InChI is InChI=1S/C25H32N2O2/c1-19(2)22-10-8-21(9-11-22)16-26-14-12-23-24(13-15-26)29-18-25(28)27(23)17-20-6-4-3-5-7-20/h3-11,19,23-24H,12-18H2,1-2H3/t23-,24-/m0/s1. The number of nitrogens with zero attached hydrogens (tertiary/aromatic N) is 2. The van der Waals surface area contributed by atoms with E-state index in [2.05, 4.69) is 60.0 Å². The number of carbonyl (C=O) groups excluding carboxylic acids is 1. The minimum Gasteiger partial charge on any atom is -0.366 e. The summed E-state index contributed by atoms with van der Waals surface area (Å²) in [6.07, 6.45) is 2.09. The molecule has 2 aromatic rings. The average Bonchev–Trinajstić information content (AvgIpc) is 2.94. The number of hydrogen-bond acceptors (Lipinski definition) is 3. The zero-order valence-corrected chi connectivity index (χ0v) is 17.6. The van der Waals surface area contributed by atoms with Gasteiger partial charge >= 0.3 is 0 Å². The van der Waals surface area contributed by atoms with Crippen LogP contribution in [0.15, 0.2) is 54.6 Å².